The zero-order chi connectivity index (χ0) is 19.5. The third-order valence-corrected chi connectivity index (χ3v) is 5.76. The Labute approximate surface area is 165 Å². The number of rotatable bonds is 4. The number of piperazine rings is 1. The van der Waals surface area contributed by atoms with Crippen LogP contribution in [0.3, 0.4) is 0 Å². The van der Waals surface area contributed by atoms with Gasteiger partial charge in [0.15, 0.2) is 0 Å². The number of benzene rings is 1. The number of carbonyl (C=O) groups excluding carboxylic acids is 2. The summed E-state index contributed by atoms with van der Waals surface area (Å²) >= 11 is 0. The van der Waals surface area contributed by atoms with Crippen molar-refractivity contribution in [1.82, 2.24) is 24.5 Å². The summed E-state index contributed by atoms with van der Waals surface area (Å²) in [5, 5.41) is 4.21. The van der Waals surface area contributed by atoms with Gasteiger partial charge in [-0.25, -0.2) is 0 Å². The van der Waals surface area contributed by atoms with Crippen LogP contribution in [0.5, 0.6) is 0 Å². The second kappa shape index (κ2) is 8.14. The zero-order valence-corrected chi connectivity index (χ0v) is 16.3. The molecule has 2 saturated heterocycles. The SMILES string of the molecule is CCn1nccc1C(=O)N1CCC2C(=O)N(Cc3ccccc3)CCN2CC1. The fourth-order valence-electron chi connectivity index (χ4n) is 4.19. The number of fused-ring (bicyclic) bond motifs is 1. The molecule has 4 rings (SSSR count). The summed E-state index contributed by atoms with van der Waals surface area (Å²) in [6.07, 6.45) is 2.35. The van der Waals surface area contributed by atoms with E-state index in [-0.39, 0.29) is 17.9 Å². The van der Waals surface area contributed by atoms with E-state index in [4.69, 9.17) is 0 Å². The minimum Gasteiger partial charge on any atom is -0.336 e. The lowest BCUT2D eigenvalue weighted by Crippen LogP contribution is -2.56. The lowest BCUT2D eigenvalue weighted by atomic mass is 10.1. The van der Waals surface area contributed by atoms with Crippen molar-refractivity contribution in [3.8, 4) is 0 Å². The minimum atomic E-state index is -0.133. The highest BCUT2D eigenvalue weighted by atomic mass is 16.2. The average Bonchev–Trinajstić information content (AvgIpc) is 3.09. The Bertz CT molecular complexity index is 834. The van der Waals surface area contributed by atoms with Gasteiger partial charge in [0.05, 0.1) is 6.04 Å². The van der Waals surface area contributed by atoms with Crippen LogP contribution in [-0.2, 0) is 17.9 Å². The molecular weight excluding hydrogens is 354 g/mol. The van der Waals surface area contributed by atoms with Gasteiger partial charge in [-0.05, 0) is 25.0 Å². The third-order valence-electron chi connectivity index (χ3n) is 5.76. The molecule has 0 radical (unpaired) electrons. The number of carbonyl (C=O) groups is 2. The van der Waals surface area contributed by atoms with Crippen molar-refractivity contribution in [3.05, 3.63) is 53.9 Å². The highest BCUT2D eigenvalue weighted by Gasteiger charge is 2.37. The molecule has 2 aliphatic rings. The van der Waals surface area contributed by atoms with E-state index in [0.717, 1.165) is 25.2 Å². The summed E-state index contributed by atoms with van der Waals surface area (Å²) in [6.45, 7) is 6.88. The largest absolute Gasteiger partial charge is 0.336 e. The predicted molar refractivity (Wildman–Crippen MR) is 106 cm³/mol. The number of hydrogen-bond acceptors (Lipinski definition) is 4. The van der Waals surface area contributed by atoms with E-state index in [1.807, 2.05) is 34.9 Å². The summed E-state index contributed by atoms with van der Waals surface area (Å²) in [6, 6.07) is 11.8. The lowest BCUT2D eigenvalue weighted by Gasteiger charge is -2.39. The summed E-state index contributed by atoms with van der Waals surface area (Å²) in [5.41, 5.74) is 1.78. The van der Waals surface area contributed by atoms with Crippen molar-refractivity contribution in [1.29, 1.82) is 0 Å². The fourth-order valence-corrected chi connectivity index (χ4v) is 4.19. The molecule has 1 atom stereocenters. The van der Waals surface area contributed by atoms with Gasteiger partial charge in [-0.2, -0.15) is 5.10 Å². The Morgan fingerprint density at radius 1 is 1.07 bits per heavy atom. The molecule has 1 aromatic heterocycles. The molecule has 1 aromatic carbocycles. The standard InChI is InChI=1S/C21H27N5O2/c1-2-26-19(8-10-22-26)21(28)24-11-9-18-20(27)25(15-13-23(18)12-14-24)16-17-6-4-3-5-7-17/h3-8,10,18H,2,9,11-16H2,1H3. The van der Waals surface area contributed by atoms with Crippen LogP contribution in [0, 0.1) is 0 Å². The predicted octanol–water partition coefficient (Wildman–Crippen LogP) is 1.46. The molecule has 0 bridgehead atoms. The molecule has 7 heteroatoms. The molecule has 2 aromatic rings. The van der Waals surface area contributed by atoms with Crippen LogP contribution in [-0.4, -0.2) is 75.1 Å². The van der Waals surface area contributed by atoms with Gasteiger partial charge < -0.3 is 9.80 Å². The maximum Gasteiger partial charge on any atom is 0.272 e. The zero-order valence-electron chi connectivity index (χ0n) is 16.3. The summed E-state index contributed by atoms with van der Waals surface area (Å²) in [5.74, 6) is 0.191. The van der Waals surface area contributed by atoms with Crippen molar-refractivity contribution >= 4 is 11.8 Å². The molecule has 28 heavy (non-hydrogen) atoms. The van der Waals surface area contributed by atoms with E-state index < -0.39 is 0 Å². The minimum absolute atomic E-state index is 0.00721. The first-order valence-electron chi connectivity index (χ1n) is 10.0. The Hall–Kier alpha value is -2.67. The number of hydrogen-bond donors (Lipinski definition) is 0. The summed E-state index contributed by atoms with van der Waals surface area (Å²) < 4.78 is 1.73. The molecule has 2 amide bonds. The van der Waals surface area contributed by atoms with Crippen molar-refractivity contribution in [2.75, 3.05) is 32.7 Å². The molecule has 2 aliphatic heterocycles. The second-order valence-electron chi connectivity index (χ2n) is 7.41. The second-order valence-corrected chi connectivity index (χ2v) is 7.41. The van der Waals surface area contributed by atoms with Gasteiger partial charge in [0, 0.05) is 52.0 Å². The van der Waals surface area contributed by atoms with E-state index >= 15 is 0 Å². The molecule has 0 N–H and O–H groups in total. The molecule has 2 fully saturated rings. The van der Waals surface area contributed by atoms with E-state index in [1.54, 1.807) is 16.9 Å². The lowest BCUT2D eigenvalue weighted by molar-refractivity contribution is -0.142. The fraction of sp³-hybridized carbons (Fsp3) is 0.476. The monoisotopic (exact) mass is 381 g/mol. The molecule has 148 valence electrons. The molecule has 0 saturated carbocycles. The van der Waals surface area contributed by atoms with Crippen molar-refractivity contribution in [2.24, 2.45) is 0 Å². The molecule has 7 nitrogen and oxygen atoms in total. The van der Waals surface area contributed by atoms with Gasteiger partial charge in [-0.3, -0.25) is 19.2 Å². The molecular formula is C21H27N5O2. The van der Waals surface area contributed by atoms with E-state index in [0.29, 0.717) is 38.3 Å². The number of nitrogens with zero attached hydrogens (tertiary/aromatic N) is 5. The van der Waals surface area contributed by atoms with Crippen LogP contribution in [0.2, 0.25) is 0 Å². The smallest absolute Gasteiger partial charge is 0.272 e. The van der Waals surface area contributed by atoms with E-state index in [1.165, 1.54) is 0 Å². The van der Waals surface area contributed by atoms with Crippen molar-refractivity contribution in [2.45, 2.75) is 32.5 Å². The third kappa shape index (κ3) is 3.67. The van der Waals surface area contributed by atoms with Crippen molar-refractivity contribution < 1.29 is 9.59 Å². The van der Waals surface area contributed by atoms with E-state index in [9.17, 15) is 9.59 Å². The number of aromatic nitrogens is 2. The highest BCUT2D eigenvalue weighted by Crippen LogP contribution is 2.21. The first-order chi connectivity index (χ1) is 13.7. The van der Waals surface area contributed by atoms with Crippen LogP contribution in [0.25, 0.3) is 0 Å². The van der Waals surface area contributed by atoms with Crippen molar-refractivity contribution in [3.63, 3.8) is 0 Å². The van der Waals surface area contributed by atoms with Crippen LogP contribution < -0.4 is 0 Å². The Balaban J connectivity index is 1.43. The molecule has 3 heterocycles. The van der Waals surface area contributed by atoms with Crippen LogP contribution in [0.4, 0.5) is 0 Å². The molecule has 0 aliphatic carbocycles. The van der Waals surface area contributed by atoms with Crippen LogP contribution >= 0.6 is 0 Å². The number of aryl methyl sites for hydroxylation is 1. The molecule has 0 spiro atoms. The normalized spacial score (nSPS) is 20.8. The topological polar surface area (TPSA) is 61.7 Å². The first-order valence-corrected chi connectivity index (χ1v) is 10.0. The number of amides is 2. The van der Waals surface area contributed by atoms with Gasteiger partial charge in [-0.1, -0.05) is 30.3 Å². The Morgan fingerprint density at radius 3 is 2.64 bits per heavy atom. The maximum absolute atomic E-state index is 13.1. The first kappa shape index (κ1) is 18.7. The van der Waals surface area contributed by atoms with Gasteiger partial charge in [0.25, 0.3) is 5.91 Å². The summed E-state index contributed by atoms with van der Waals surface area (Å²) in [4.78, 5) is 32.1. The highest BCUT2D eigenvalue weighted by molar-refractivity contribution is 5.92. The maximum atomic E-state index is 13.1. The van der Waals surface area contributed by atoms with Crippen LogP contribution in [0.15, 0.2) is 42.6 Å². The van der Waals surface area contributed by atoms with E-state index in [2.05, 4.69) is 22.1 Å². The average molecular weight is 381 g/mol. The summed E-state index contributed by atoms with van der Waals surface area (Å²) in [7, 11) is 0. The van der Waals surface area contributed by atoms with Gasteiger partial charge in [0.1, 0.15) is 5.69 Å². The Morgan fingerprint density at radius 2 is 1.86 bits per heavy atom. The molecule has 1 unspecified atom stereocenters. The van der Waals surface area contributed by atoms with Gasteiger partial charge in [0.2, 0.25) is 5.91 Å². The Kier molecular flexibility index (Phi) is 5.43. The van der Waals surface area contributed by atoms with Gasteiger partial charge in [-0.15, -0.1) is 0 Å². The quantitative estimate of drug-likeness (QED) is 0.805. The van der Waals surface area contributed by atoms with Gasteiger partial charge >= 0.3 is 0 Å². The van der Waals surface area contributed by atoms with Crippen LogP contribution in [0.1, 0.15) is 29.4 Å².